The van der Waals surface area contributed by atoms with E-state index in [1.165, 1.54) is 12.1 Å². The first-order valence-electron chi connectivity index (χ1n) is 7.75. The van der Waals surface area contributed by atoms with Gasteiger partial charge >= 0.3 is 6.36 Å². The van der Waals surface area contributed by atoms with Gasteiger partial charge in [0.1, 0.15) is 5.75 Å². The van der Waals surface area contributed by atoms with Crippen molar-refractivity contribution in [2.24, 2.45) is 5.92 Å². The highest BCUT2D eigenvalue weighted by Crippen LogP contribution is 2.34. The van der Waals surface area contributed by atoms with Gasteiger partial charge in [0.15, 0.2) is 0 Å². The number of hydrogen-bond acceptors (Lipinski definition) is 3. The van der Waals surface area contributed by atoms with E-state index in [0.717, 1.165) is 38.2 Å². The molecule has 130 valence electrons. The minimum Gasteiger partial charge on any atom is -0.406 e. The molecule has 1 aliphatic rings. The predicted octanol–water partition coefficient (Wildman–Crippen LogP) is 4.34. The minimum absolute atomic E-state index is 0.0881. The van der Waals surface area contributed by atoms with Gasteiger partial charge in [-0.1, -0.05) is 29.8 Å². The van der Waals surface area contributed by atoms with Crippen molar-refractivity contribution >= 4 is 15.9 Å². The summed E-state index contributed by atoms with van der Waals surface area (Å²) in [7, 11) is 0. The highest BCUT2D eigenvalue weighted by molar-refractivity contribution is 9.10. The molecular weight excluding hydrogens is 373 g/mol. The van der Waals surface area contributed by atoms with Gasteiger partial charge in [-0.2, -0.15) is 0 Å². The van der Waals surface area contributed by atoms with Crippen molar-refractivity contribution in [3.63, 3.8) is 0 Å². The van der Waals surface area contributed by atoms with E-state index in [1.54, 1.807) is 0 Å². The molecule has 1 fully saturated rings. The third-order valence-electron chi connectivity index (χ3n) is 3.80. The number of piperazine rings is 1. The lowest BCUT2D eigenvalue weighted by Crippen LogP contribution is -2.45. The Hall–Kier alpha value is -0.790. The van der Waals surface area contributed by atoms with Crippen molar-refractivity contribution in [1.82, 2.24) is 10.2 Å². The van der Waals surface area contributed by atoms with E-state index in [4.69, 9.17) is 0 Å². The molecule has 1 aliphatic heterocycles. The van der Waals surface area contributed by atoms with E-state index in [0.29, 0.717) is 10.4 Å². The number of nitrogens with zero attached hydrogens (tertiary/aromatic N) is 1. The van der Waals surface area contributed by atoms with Crippen molar-refractivity contribution in [3.8, 4) is 5.75 Å². The Bertz CT molecular complexity index is 517. The smallest absolute Gasteiger partial charge is 0.406 e. The number of hydrogen-bond donors (Lipinski definition) is 1. The minimum atomic E-state index is -4.68. The summed E-state index contributed by atoms with van der Waals surface area (Å²) in [5.41, 5.74) is 0.856. The quantitative estimate of drug-likeness (QED) is 0.803. The average Bonchev–Trinajstić information content (AvgIpc) is 2.43. The lowest BCUT2D eigenvalue weighted by atomic mass is 9.95. The zero-order chi connectivity index (χ0) is 17.0. The van der Waals surface area contributed by atoms with Crippen LogP contribution in [0.15, 0.2) is 22.7 Å². The molecule has 0 bridgehead atoms. The molecule has 0 amide bonds. The van der Waals surface area contributed by atoms with E-state index in [9.17, 15) is 13.2 Å². The Morgan fingerprint density at radius 1 is 1.22 bits per heavy atom. The molecule has 3 nitrogen and oxygen atoms in total. The predicted molar refractivity (Wildman–Crippen MR) is 87.5 cm³/mol. The van der Waals surface area contributed by atoms with Gasteiger partial charge in [0.05, 0.1) is 0 Å². The zero-order valence-corrected chi connectivity index (χ0v) is 14.9. The molecule has 23 heavy (non-hydrogen) atoms. The van der Waals surface area contributed by atoms with Crippen LogP contribution in [0.25, 0.3) is 0 Å². The standard InChI is InChI=1S/C16H22BrF3N2O/c1-11(2)7-15(22-5-3-21-4-6-22)12-8-13(17)10-14(9-12)23-16(18,19)20/h8-11,15,21H,3-7H2,1-2H3/t15-/m1/s1. The van der Waals surface area contributed by atoms with Crippen LogP contribution in [0.3, 0.4) is 0 Å². The number of nitrogens with one attached hydrogen (secondary N) is 1. The largest absolute Gasteiger partial charge is 0.573 e. The molecule has 1 atom stereocenters. The molecule has 0 aliphatic carbocycles. The van der Waals surface area contributed by atoms with Crippen molar-refractivity contribution in [2.45, 2.75) is 32.7 Å². The van der Waals surface area contributed by atoms with Crippen molar-refractivity contribution in [1.29, 1.82) is 0 Å². The second kappa shape index (κ2) is 7.85. The van der Waals surface area contributed by atoms with Crippen LogP contribution in [-0.4, -0.2) is 37.4 Å². The maximum absolute atomic E-state index is 12.5. The third kappa shape index (κ3) is 5.97. The van der Waals surface area contributed by atoms with E-state index in [2.05, 4.69) is 44.7 Å². The first kappa shape index (κ1) is 18.5. The maximum atomic E-state index is 12.5. The van der Waals surface area contributed by atoms with Gasteiger partial charge in [-0.25, -0.2) is 0 Å². The number of ether oxygens (including phenoxy) is 1. The van der Waals surface area contributed by atoms with Crippen LogP contribution in [0.1, 0.15) is 31.9 Å². The molecular formula is C16H22BrF3N2O. The van der Waals surface area contributed by atoms with Crippen LogP contribution in [0.5, 0.6) is 5.75 Å². The zero-order valence-electron chi connectivity index (χ0n) is 13.3. The average molecular weight is 395 g/mol. The number of alkyl halides is 3. The molecule has 1 aromatic rings. The summed E-state index contributed by atoms with van der Waals surface area (Å²) in [4.78, 5) is 2.33. The first-order valence-corrected chi connectivity index (χ1v) is 8.55. The molecule has 0 unspecified atom stereocenters. The van der Waals surface area contributed by atoms with Crippen LogP contribution in [-0.2, 0) is 0 Å². The normalized spacial score (nSPS) is 18.2. The lowest BCUT2D eigenvalue weighted by Gasteiger charge is -2.36. The SMILES string of the molecule is CC(C)C[C@H](c1cc(Br)cc(OC(F)(F)F)c1)N1CCNCC1. The Morgan fingerprint density at radius 3 is 2.43 bits per heavy atom. The fraction of sp³-hybridized carbons (Fsp3) is 0.625. The van der Waals surface area contributed by atoms with E-state index in [-0.39, 0.29) is 11.8 Å². The Labute approximate surface area is 143 Å². The van der Waals surface area contributed by atoms with Gasteiger partial charge in [-0.3, -0.25) is 4.90 Å². The van der Waals surface area contributed by atoms with Gasteiger partial charge in [-0.05, 0) is 36.1 Å². The van der Waals surface area contributed by atoms with E-state index >= 15 is 0 Å². The van der Waals surface area contributed by atoms with Crippen LogP contribution in [0, 0.1) is 5.92 Å². The van der Waals surface area contributed by atoms with Crippen LogP contribution < -0.4 is 10.1 Å². The van der Waals surface area contributed by atoms with Gasteiger partial charge in [0, 0.05) is 36.7 Å². The fourth-order valence-corrected chi connectivity index (χ4v) is 3.40. The third-order valence-corrected chi connectivity index (χ3v) is 4.26. The van der Waals surface area contributed by atoms with Crippen molar-refractivity contribution < 1.29 is 17.9 Å². The Kier molecular flexibility index (Phi) is 6.33. The summed E-state index contributed by atoms with van der Waals surface area (Å²) < 4.78 is 42.2. The molecule has 1 aromatic carbocycles. The van der Waals surface area contributed by atoms with Crippen LogP contribution in [0.2, 0.25) is 0 Å². The molecule has 1 N–H and O–H groups in total. The maximum Gasteiger partial charge on any atom is 0.573 e. The molecule has 0 radical (unpaired) electrons. The Morgan fingerprint density at radius 2 is 1.87 bits per heavy atom. The first-order chi connectivity index (χ1) is 10.7. The molecule has 0 spiro atoms. The van der Waals surface area contributed by atoms with Gasteiger partial charge in [0.25, 0.3) is 0 Å². The molecule has 0 aromatic heterocycles. The number of halogens is 4. The number of rotatable bonds is 5. The molecule has 2 rings (SSSR count). The fourth-order valence-electron chi connectivity index (χ4n) is 2.91. The summed E-state index contributed by atoms with van der Waals surface area (Å²) in [5, 5.41) is 3.30. The van der Waals surface area contributed by atoms with Gasteiger partial charge < -0.3 is 10.1 Å². The highest BCUT2D eigenvalue weighted by atomic mass is 79.9. The summed E-state index contributed by atoms with van der Waals surface area (Å²) in [5.74, 6) is 0.270. The Balaban J connectivity index is 2.29. The second-order valence-electron chi connectivity index (χ2n) is 6.20. The highest BCUT2D eigenvalue weighted by Gasteiger charge is 2.32. The summed E-state index contributed by atoms with van der Waals surface area (Å²) in [6, 6.07) is 4.83. The molecule has 1 heterocycles. The summed E-state index contributed by atoms with van der Waals surface area (Å²) in [6.07, 6.45) is -3.79. The van der Waals surface area contributed by atoms with Crippen LogP contribution >= 0.6 is 15.9 Å². The van der Waals surface area contributed by atoms with Gasteiger partial charge in [-0.15, -0.1) is 13.2 Å². The second-order valence-corrected chi connectivity index (χ2v) is 7.12. The van der Waals surface area contributed by atoms with E-state index in [1.807, 2.05) is 6.07 Å². The molecule has 7 heteroatoms. The number of benzene rings is 1. The molecule has 0 saturated carbocycles. The van der Waals surface area contributed by atoms with Crippen molar-refractivity contribution in [2.75, 3.05) is 26.2 Å². The van der Waals surface area contributed by atoms with Gasteiger partial charge in [0.2, 0.25) is 0 Å². The van der Waals surface area contributed by atoms with Crippen molar-refractivity contribution in [3.05, 3.63) is 28.2 Å². The molecule has 1 saturated heterocycles. The summed E-state index contributed by atoms with van der Waals surface area (Å²) in [6.45, 7) is 7.82. The topological polar surface area (TPSA) is 24.5 Å². The van der Waals surface area contributed by atoms with E-state index < -0.39 is 6.36 Å². The lowest BCUT2D eigenvalue weighted by molar-refractivity contribution is -0.274. The summed E-state index contributed by atoms with van der Waals surface area (Å²) >= 11 is 3.30. The van der Waals surface area contributed by atoms with Crippen LogP contribution in [0.4, 0.5) is 13.2 Å². The monoisotopic (exact) mass is 394 g/mol.